The van der Waals surface area contributed by atoms with E-state index in [-0.39, 0.29) is 25.2 Å². The van der Waals surface area contributed by atoms with Gasteiger partial charge in [-0.25, -0.2) is 17.2 Å². The van der Waals surface area contributed by atoms with E-state index in [0.717, 1.165) is 24.3 Å². The fourth-order valence-electron chi connectivity index (χ4n) is 4.94. The maximum absolute atomic E-state index is 15.1. The summed E-state index contributed by atoms with van der Waals surface area (Å²) in [6, 6.07) is 4.46. The molecule has 32 heavy (non-hydrogen) atoms. The second-order valence-corrected chi connectivity index (χ2v) is 10.9. The van der Waals surface area contributed by atoms with Crippen LogP contribution in [0.1, 0.15) is 37.8 Å². The number of alkyl halides is 3. The van der Waals surface area contributed by atoms with Crippen LogP contribution in [0.2, 0.25) is 0 Å². The van der Waals surface area contributed by atoms with Crippen LogP contribution in [0.25, 0.3) is 0 Å². The maximum Gasteiger partial charge on any atom is 0.416 e. The Labute approximate surface area is 181 Å². The Morgan fingerprint density at radius 2 is 1.59 bits per heavy atom. The van der Waals surface area contributed by atoms with Crippen molar-refractivity contribution in [2.45, 2.75) is 42.5 Å². The minimum atomic E-state index is -4.68. The highest BCUT2D eigenvalue weighted by molar-refractivity contribution is 7.92. The fourth-order valence-corrected chi connectivity index (χ4v) is 7.42. The Morgan fingerprint density at radius 3 is 2.19 bits per heavy atom. The molecule has 0 radical (unpaired) electrons. The number of rotatable bonds is 2. The molecule has 172 valence electrons. The second-order valence-electron chi connectivity index (χ2n) is 8.66. The van der Waals surface area contributed by atoms with Gasteiger partial charge in [0.15, 0.2) is 21.4 Å². The highest BCUT2D eigenvalue weighted by atomic mass is 32.2. The van der Waals surface area contributed by atoms with Gasteiger partial charge in [0, 0.05) is 17.8 Å². The molecular weight excluding hydrogens is 455 g/mol. The third-order valence-corrected chi connectivity index (χ3v) is 9.27. The van der Waals surface area contributed by atoms with Crippen molar-refractivity contribution < 1.29 is 39.9 Å². The van der Waals surface area contributed by atoms with E-state index >= 15 is 4.39 Å². The molecule has 4 nitrogen and oxygen atoms in total. The molecule has 2 aromatic carbocycles. The highest BCUT2D eigenvalue weighted by Gasteiger charge is 2.65. The van der Waals surface area contributed by atoms with E-state index in [0.29, 0.717) is 12.1 Å². The summed E-state index contributed by atoms with van der Waals surface area (Å²) < 4.78 is 99.9. The Bertz CT molecular complexity index is 1200. The van der Waals surface area contributed by atoms with E-state index < -0.39 is 65.5 Å². The summed E-state index contributed by atoms with van der Waals surface area (Å²) in [7, 11) is -4.60. The van der Waals surface area contributed by atoms with Crippen LogP contribution in [0.5, 0.6) is 5.75 Å². The smallest absolute Gasteiger partial charge is 0.416 e. The lowest BCUT2D eigenvalue weighted by Gasteiger charge is -2.53. The van der Waals surface area contributed by atoms with Crippen molar-refractivity contribution in [3.05, 3.63) is 59.2 Å². The molecule has 1 heterocycles. The number of hydrogen-bond donors (Lipinski definition) is 0. The average Bonchev–Trinajstić information content (AvgIpc) is 2.72. The summed E-state index contributed by atoms with van der Waals surface area (Å²) in [6.45, 7) is 2.66. The predicted octanol–water partition coefficient (Wildman–Crippen LogP) is 5.05. The number of hydrogen-bond acceptors (Lipinski definition) is 4. The number of carbonyl (C=O) groups excluding carboxylic acids is 1. The van der Waals surface area contributed by atoms with Gasteiger partial charge in [0.2, 0.25) is 0 Å². The first-order valence-electron chi connectivity index (χ1n) is 9.81. The molecule has 0 unspecified atom stereocenters. The van der Waals surface area contributed by atoms with E-state index in [1.807, 2.05) is 0 Å². The van der Waals surface area contributed by atoms with E-state index in [9.17, 15) is 30.8 Å². The summed E-state index contributed by atoms with van der Waals surface area (Å²) in [4.78, 5) is 12.2. The van der Waals surface area contributed by atoms with Crippen LogP contribution >= 0.6 is 0 Å². The van der Waals surface area contributed by atoms with E-state index in [4.69, 9.17) is 4.74 Å². The van der Waals surface area contributed by atoms with Crippen molar-refractivity contribution in [3.8, 4) is 5.75 Å². The minimum Gasteiger partial charge on any atom is -0.490 e. The van der Waals surface area contributed by atoms with Crippen LogP contribution in [0.3, 0.4) is 0 Å². The standard InChI is InChI=1S/C22H19F5O4S/c1-20(2)16-11-31-19-15(24)8-7-14(23)18(19)21(16,10-9-17(20)28)32(29,30)13-5-3-12(4-6-13)22(25,26)27/h3-8,16H,9-11H2,1-2H3/t16-,21-/m0/s1. The Balaban J connectivity index is 2.02. The van der Waals surface area contributed by atoms with Crippen molar-refractivity contribution in [1.82, 2.24) is 0 Å². The number of Topliss-reactive ketones (excluding diaryl/α,β-unsaturated/α-hetero) is 1. The van der Waals surface area contributed by atoms with E-state index in [1.54, 1.807) is 0 Å². The number of ketones is 1. The second kappa shape index (κ2) is 7.00. The molecule has 0 saturated heterocycles. The first kappa shape index (κ1) is 22.7. The average molecular weight is 474 g/mol. The number of halogens is 5. The number of fused-ring (bicyclic) bond motifs is 3. The molecule has 2 aromatic rings. The molecule has 2 aliphatic rings. The largest absolute Gasteiger partial charge is 0.490 e. The predicted molar refractivity (Wildman–Crippen MR) is 104 cm³/mol. The molecular formula is C22H19F5O4S. The quantitative estimate of drug-likeness (QED) is 0.572. The molecule has 4 rings (SSSR count). The molecule has 0 bridgehead atoms. The summed E-state index contributed by atoms with van der Waals surface area (Å²) in [5.74, 6) is -3.89. The summed E-state index contributed by atoms with van der Waals surface area (Å²) >= 11 is 0. The van der Waals surface area contributed by atoms with Crippen LogP contribution in [-0.4, -0.2) is 20.8 Å². The van der Waals surface area contributed by atoms with Gasteiger partial charge in [-0.3, -0.25) is 4.79 Å². The lowest BCUT2D eigenvalue weighted by atomic mass is 9.60. The number of sulfone groups is 1. The maximum atomic E-state index is 15.1. The van der Waals surface area contributed by atoms with Crippen molar-refractivity contribution in [2.75, 3.05) is 6.61 Å². The Kier molecular flexibility index (Phi) is 4.97. The SMILES string of the molecule is CC1(C)C(=O)CC[C@@]2(S(=O)(=O)c3ccc(C(F)(F)F)cc3)c3c(F)ccc(F)c3OC[C@@H]12. The van der Waals surface area contributed by atoms with Crippen LogP contribution < -0.4 is 4.74 Å². The fraction of sp³-hybridized carbons (Fsp3) is 0.409. The third-order valence-electron chi connectivity index (χ3n) is 6.72. The summed E-state index contributed by atoms with van der Waals surface area (Å²) in [5, 5.41) is 0. The molecule has 2 atom stereocenters. The zero-order chi connectivity index (χ0) is 23.7. The topological polar surface area (TPSA) is 60.4 Å². The summed E-state index contributed by atoms with van der Waals surface area (Å²) in [5.41, 5.74) is -2.84. The van der Waals surface area contributed by atoms with Crippen molar-refractivity contribution in [1.29, 1.82) is 0 Å². The molecule has 0 aromatic heterocycles. The van der Waals surface area contributed by atoms with Crippen LogP contribution in [0, 0.1) is 23.0 Å². The van der Waals surface area contributed by atoms with Gasteiger partial charge in [-0.1, -0.05) is 13.8 Å². The monoisotopic (exact) mass is 474 g/mol. The number of ether oxygens (including phenoxy) is 1. The molecule has 10 heteroatoms. The van der Waals surface area contributed by atoms with Crippen LogP contribution in [0.4, 0.5) is 22.0 Å². The van der Waals surface area contributed by atoms with Gasteiger partial charge >= 0.3 is 6.18 Å². The van der Waals surface area contributed by atoms with E-state index in [1.165, 1.54) is 13.8 Å². The molecule has 0 N–H and O–H groups in total. The van der Waals surface area contributed by atoms with Crippen molar-refractivity contribution in [2.24, 2.45) is 11.3 Å². The zero-order valence-corrected chi connectivity index (χ0v) is 17.9. The van der Waals surface area contributed by atoms with Gasteiger partial charge in [-0.05, 0) is 42.8 Å². The van der Waals surface area contributed by atoms with Crippen molar-refractivity contribution >= 4 is 15.6 Å². The van der Waals surface area contributed by atoms with Crippen molar-refractivity contribution in [3.63, 3.8) is 0 Å². The van der Waals surface area contributed by atoms with Gasteiger partial charge in [-0.2, -0.15) is 13.2 Å². The molecule has 0 amide bonds. The van der Waals surface area contributed by atoms with Gasteiger partial charge in [0.05, 0.1) is 22.6 Å². The lowest BCUT2D eigenvalue weighted by molar-refractivity contribution is -0.138. The Morgan fingerprint density at radius 1 is 1.00 bits per heavy atom. The highest BCUT2D eigenvalue weighted by Crippen LogP contribution is 2.60. The molecule has 0 spiro atoms. The molecule has 1 aliphatic heterocycles. The third kappa shape index (κ3) is 2.98. The number of carbonyl (C=O) groups is 1. The first-order chi connectivity index (χ1) is 14.7. The van der Waals surface area contributed by atoms with Gasteiger partial charge in [-0.15, -0.1) is 0 Å². The first-order valence-corrected chi connectivity index (χ1v) is 11.3. The lowest BCUT2D eigenvalue weighted by Crippen LogP contribution is -2.59. The van der Waals surface area contributed by atoms with Gasteiger partial charge in [0.25, 0.3) is 0 Å². The zero-order valence-electron chi connectivity index (χ0n) is 17.1. The normalized spacial score (nSPS) is 25.0. The minimum absolute atomic E-state index is 0.223. The van der Waals surface area contributed by atoms with Gasteiger partial charge < -0.3 is 4.74 Å². The Hall–Kier alpha value is -2.49. The number of benzene rings is 2. The molecule has 1 fully saturated rings. The van der Waals surface area contributed by atoms with Crippen LogP contribution in [-0.2, 0) is 25.6 Å². The van der Waals surface area contributed by atoms with Gasteiger partial charge in [0.1, 0.15) is 16.3 Å². The molecule has 1 aliphatic carbocycles. The summed E-state index contributed by atoms with van der Waals surface area (Å²) in [6.07, 6.45) is -5.25. The molecule has 1 saturated carbocycles. The van der Waals surface area contributed by atoms with E-state index in [2.05, 4.69) is 0 Å². The van der Waals surface area contributed by atoms with Crippen LogP contribution in [0.15, 0.2) is 41.3 Å².